The molecule has 0 saturated carbocycles. The lowest BCUT2D eigenvalue weighted by Crippen LogP contribution is -2.17. The van der Waals surface area contributed by atoms with Crippen molar-refractivity contribution in [2.45, 2.75) is 13.3 Å². The molecule has 0 aliphatic carbocycles. The molecule has 0 spiro atoms. The van der Waals surface area contributed by atoms with E-state index in [1.54, 1.807) is 6.92 Å². The zero-order valence-corrected chi connectivity index (χ0v) is 5.99. The van der Waals surface area contributed by atoms with E-state index < -0.39 is 0 Å². The molecule has 0 saturated heterocycles. The van der Waals surface area contributed by atoms with Gasteiger partial charge >= 0.3 is 0 Å². The molecule has 0 heterocycles. The van der Waals surface area contributed by atoms with Crippen LogP contribution in [0.2, 0.25) is 0 Å². The number of rotatable bonds is 5. The van der Waals surface area contributed by atoms with Crippen LogP contribution in [0.5, 0.6) is 0 Å². The Balaban J connectivity index is 3.74. The van der Waals surface area contributed by atoms with Gasteiger partial charge in [0.15, 0.2) is 0 Å². The topological polar surface area (TPSA) is 54.4 Å². The molecule has 0 rings (SSSR count). The first kappa shape index (κ1) is 9.30. The smallest absolute Gasteiger partial charge is 0.125 e. The average Bonchev–Trinajstić information content (AvgIpc) is 1.91. The second kappa shape index (κ2) is 5.11. The van der Waals surface area contributed by atoms with E-state index in [-0.39, 0.29) is 18.4 Å². The molecule has 0 aromatic rings. The molecule has 0 radical (unpaired) electrons. The summed E-state index contributed by atoms with van der Waals surface area (Å²) in [6.45, 7) is 1.60. The molecule has 0 fully saturated rings. The van der Waals surface area contributed by atoms with Gasteiger partial charge in [0.05, 0.1) is 6.61 Å². The maximum absolute atomic E-state index is 10.2. The Labute approximate surface area is 60.0 Å². The number of hydrogen-bond donors (Lipinski definition) is 1. The predicted molar refractivity (Wildman–Crippen MR) is 36.5 cm³/mol. The quantitative estimate of drug-likeness (QED) is 0.553. The fraction of sp³-hybridized carbons (Fsp3) is 0.714. The van der Waals surface area contributed by atoms with Crippen molar-refractivity contribution in [3.63, 3.8) is 0 Å². The van der Waals surface area contributed by atoms with Gasteiger partial charge in [0.25, 0.3) is 0 Å². The number of carbonyl (C=O) groups excluding carboxylic acids is 2. The fourth-order valence-electron chi connectivity index (χ4n) is 0.684. The number of hydrogen-bond acceptors (Lipinski definition) is 3. The van der Waals surface area contributed by atoms with Crippen LogP contribution < -0.4 is 0 Å². The summed E-state index contributed by atoms with van der Waals surface area (Å²) in [5.74, 6) is -0.426. The first-order chi connectivity index (χ1) is 4.76. The summed E-state index contributed by atoms with van der Waals surface area (Å²) >= 11 is 0. The summed E-state index contributed by atoms with van der Waals surface area (Å²) in [5.41, 5.74) is 0. The van der Waals surface area contributed by atoms with Crippen molar-refractivity contribution in [2.24, 2.45) is 11.8 Å². The molecular formula is C7H12O3. The Morgan fingerprint density at radius 2 is 2.10 bits per heavy atom. The number of aliphatic hydroxyl groups is 1. The minimum absolute atomic E-state index is 0.0417. The van der Waals surface area contributed by atoms with Gasteiger partial charge in [-0.1, -0.05) is 6.92 Å². The Bertz CT molecular complexity index is 111. The molecule has 0 aliphatic heterocycles. The van der Waals surface area contributed by atoms with E-state index in [0.717, 1.165) is 6.29 Å². The second-order valence-corrected chi connectivity index (χ2v) is 2.36. The van der Waals surface area contributed by atoms with Crippen molar-refractivity contribution in [1.82, 2.24) is 0 Å². The number of carbonyl (C=O) groups is 2. The monoisotopic (exact) mass is 144 g/mol. The third-order valence-electron chi connectivity index (χ3n) is 1.58. The highest BCUT2D eigenvalue weighted by Crippen LogP contribution is 2.10. The number of aldehydes is 2. The summed E-state index contributed by atoms with van der Waals surface area (Å²) in [6, 6.07) is 0. The van der Waals surface area contributed by atoms with Gasteiger partial charge in [-0.3, -0.25) is 0 Å². The van der Waals surface area contributed by atoms with E-state index in [1.165, 1.54) is 0 Å². The minimum Gasteiger partial charge on any atom is -0.396 e. The summed E-state index contributed by atoms with van der Waals surface area (Å²) in [4.78, 5) is 20.1. The highest BCUT2D eigenvalue weighted by Gasteiger charge is 2.14. The largest absolute Gasteiger partial charge is 0.396 e. The lowest BCUT2D eigenvalue weighted by molar-refractivity contribution is -0.114. The SMILES string of the molecule is CC(CC=O)C(C=O)CO. The predicted octanol–water partition coefficient (Wildman–Crippen LogP) is 0.0189. The van der Waals surface area contributed by atoms with Gasteiger partial charge in [-0.2, -0.15) is 0 Å². The normalized spacial score (nSPS) is 15.8. The Morgan fingerprint density at radius 3 is 2.40 bits per heavy atom. The molecule has 1 N–H and O–H groups in total. The van der Waals surface area contributed by atoms with Crippen LogP contribution in [0.4, 0.5) is 0 Å². The average molecular weight is 144 g/mol. The van der Waals surface area contributed by atoms with E-state index >= 15 is 0 Å². The summed E-state index contributed by atoms with van der Waals surface area (Å²) in [7, 11) is 0. The highest BCUT2D eigenvalue weighted by molar-refractivity contribution is 5.56. The van der Waals surface area contributed by atoms with Crippen molar-refractivity contribution in [2.75, 3.05) is 6.61 Å². The van der Waals surface area contributed by atoms with Crippen molar-refractivity contribution in [1.29, 1.82) is 0 Å². The van der Waals surface area contributed by atoms with E-state index in [9.17, 15) is 9.59 Å². The van der Waals surface area contributed by atoms with Crippen molar-refractivity contribution in [3.05, 3.63) is 0 Å². The van der Waals surface area contributed by atoms with Gasteiger partial charge in [0.1, 0.15) is 12.6 Å². The van der Waals surface area contributed by atoms with Crippen molar-refractivity contribution < 1.29 is 14.7 Å². The molecule has 3 heteroatoms. The molecule has 3 nitrogen and oxygen atoms in total. The molecule has 0 aromatic carbocycles. The molecule has 0 amide bonds. The van der Waals surface area contributed by atoms with Crippen LogP contribution in [-0.4, -0.2) is 24.3 Å². The molecule has 0 bridgehead atoms. The number of aliphatic hydroxyl groups excluding tert-OH is 1. The van der Waals surface area contributed by atoms with Crippen LogP contribution >= 0.6 is 0 Å². The molecule has 58 valence electrons. The van der Waals surface area contributed by atoms with Gasteiger partial charge in [-0.15, -0.1) is 0 Å². The third kappa shape index (κ3) is 2.73. The van der Waals surface area contributed by atoms with Gasteiger partial charge < -0.3 is 14.7 Å². The third-order valence-corrected chi connectivity index (χ3v) is 1.58. The molecule has 0 aromatic heterocycles. The van der Waals surface area contributed by atoms with Crippen LogP contribution in [0.15, 0.2) is 0 Å². The fourth-order valence-corrected chi connectivity index (χ4v) is 0.684. The van der Waals surface area contributed by atoms with E-state index in [0.29, 0.717) is 12.7 Å². The Morgan fingerprint density at radius 1 is 1.50 bits per heavy atom. The highest BCUT2D eigenvalue weighted by atomic mass is 16.3. The standard InChI is InChI=1S/C7H12O3/c1-6(2-3-8)7(4-9)5-10/h3-4,6-7,10H,2,5H2,1H3. The van der Waals surface area contributed by atoms with Gasteiger partial charge in [-0.25, -0.2) is 0 Å². The van der Waals surface area contributed by atoms with Crippen LogP contribution in [0.1, 0.15) is 13.3 Å². The van der Waals surface area contributed by atoms with Crippen LogP contribution in [0, 0.1) is 11.8 Å². The summed E-state index contributed by atoms with van der Waals surface area (Å²) in [6.07, 6.45) is 1.79. The zero-order chi connectivity index (χ0) is 7.98. The van der Waals surface area contributed by atoms with E-state index in [1.807, 2.05) is 0 Å². The Kier molecular flexibility index (Phi) is 4.76. The minimum atomic E-state index is -0.384. The maximum atomic E-state index is 10.2. The molecule has 2 atom stereocenters. The van der Waals surface area contributed by atoms with Gasteiger partial charge in [0.2, 0.25) is 0 Å². The van der Waals surface area contributed by atoms with Crippen LogP contribution in [0.25, 0.3) is 0 Å². The molecule has 0 aliphatic rings. The lowest BCUT2D eigenvalue weighted by Gasteiger charge is -2.11. The first-order valence-electron chi connectivity index (χ1n) is 3.26. The maximum Gasteiger partial charge on any atom is 0.125 e. The lowest BCUT2D eigenvalue weighted by atomic mass is 9.94. The molecule has 10 heavy (non-hydrogen) atoms. The van der Waals surface area contributed by atoms with Crippen LogP contribution in [0.3, 0.4) is 0 Å². The molecule has 2 unspecified atom stereocenters. The van der Waals surface area contributed by atoms with Crippen molar-refractivity contribution >= 4 is 12.6 Å². The van der Waals surface area contributed by atoms with Crippen LogP contribution in [-0.2, 0) is 9.59 Å². The summed E-state index contributed by atoms with van der Waals surface area (Å²) in [5, 5.41) is 8.58. The van der Waals surface area contributed by atoms with E-state index in [4.69, 9.17) is 5.11 Å². The Hall–Kier alpha value is -0.700. The summed E-state index contributed by atoms with van der Waals surface area (Å²) < 4.78 is 0. The van der Waals surface area contributed by atoms with Crippen molar-refractivity contribution in [3.8, 4) is 0 Å². The zero-order valence-electron chi connectivity index (χ0n) is 5.99. The second-order valence-electron chi connectivity index (χ2n) is 2.36. The van der Waals surface area contributed by atoms with Gasteiger partial charge in [-0.05, 0) is 5.92 Å². The van der Waals surface area contributed by atoms with E-state index in [2.05, 4.69) is 0 Å². The van der Waals surface area contributed by atoms with Gasteiger partial charge in [0, 0.05) is 12.3 Å². The molecular weight excluding hydrogens is 132 g/mol. The first-order valence-corrected chi connectivity index (χ1v) is 3.26.